The van der Waals surface area contributed by atoms with Crippen molar-refractivity contribution in [3.8, 4) is 22.3 Å². The Kier molecular flexibility index (Phi) is 16.6. The summed E-state index contributed by atoms with van der Waals surface area (Å²) in [6.45, 7) is 14.5. The highest BCUT2D eigenvalue weighted by Crippen LogP contribution is 2.45. The molecule has 0 radical (unpaired) electrons. The smallest absolute Gasteiger partial charge is 0.407 e. The maximum atomic E-state index is 11.4. The second-order valence-electron chi connectivity index (χ2n) is 13.4. The van der Waals surface area contributed by atoms with Crippen molar-refractivity contribution in [1.82, 2.24) is 10.6 Å². The number of carbonyl (C=O) groups excluding carboxylic acids is 3. The largest absolute Gasteiger partial charge is 0.465 e. The van der Waals surface area contributed by atoms with E-state index in [0.29, 0.717) is 26.2 Å². The fourth-order valence-corrected chi connectivity index (χ4v) is 6.06. The normalized spacial score (nSPS) is 12.6. The van der Waals surface area contributed by atoms with E-state index >= 15 is 0 Å². The highest BCUT2D eigenvalue weighted by Gasteiger charge is 2.30. The quantitative estimate of drug-likeness (QED) is 0.122. The summed E-state index contributed by atoms with van der Waals surface area (Å²) >= 11 is 0. The van der Waals surface area contributed by atoms with Crippen LogP contribution < -0.4 is 16.4 Å². The van der Waals surface area contributed by atoms with E-state index in [-0.39, 0.29) is 29.9 Å². The van der Waals surface area contributed by atoms with E-state index in [1.54, 1.807) is 7.05 Å². The van der Waals surface area contributed by atoms with Gasteiger partial charge in [-0.3, -0.25) is 4.79 Å². The van der Waals surface area contributed by atoms with E-state index in [2.05, 4.69) is 71.3 Å². The van der Waals surface area contributed by atoms with E-state index in [1.165, 1.54) is 44.5 Å². The molecule has 4 N–H and O–H groups in total. The third kappa shape index (κ3) is 11.9. The topological polar surface area (TPSA) is 129 Å². The Balaban J connectivity index is 0.000000214. The molecular formula is C44H57N3O6. The second-order valence-corrected chi connectivity index (χ2v) is 13.4. The summed E-state index contributed by atoms with van der Waals surface area (Å²) in [5.41, 5.74) is 15.1. The van der Waals surface area contributed by atoms with E-state index < -0.39 is 11.7 Å². The summed E-state index contributed by atoms with van der Waals surface area (Å²) in [6, 6.07) is 33.3. The van der Waals surface area contributed by atoms with Gasteiger partial charge in [-0.25, -0.2) is 9.59 Å². The Hall–Kier alpha value is -5.15. The number of ether oxygens (including phenoxy) is 3. The molecule has 2 aliphatic carbocycles. The molecule has 0 saturated heterocycles. The molecule has 0 fully saturated rings. The molecule has 0 aliphatic heterocycles. The van der Waals surface area contributed by atoms with Crippen molar-refractivity contribution in [2.75, 3.05) is 26.8 Å². The van der Waals surface area contributed by atoms with Crippen LogP contribution in [0.2, 0.25) is 0 Å². The predicted octanol–water partition coefficient (Wildman–Crippen LogP) is 9.18. The lowest BCUT2D eigenvalue weighted by atomic mass is 9.98. The molecule has 0 saturated carbocycles. The van der Waals surface area contributed by atoms with Crippen LogP contribution in [-0.2, 0) is 19.0 Å². The van der Waals surface area contributed by atoms with Gasteiger partial charge in [-0.1, -0.05) is 125 Å². The van der Waals surface area contributed by atoms with Gasteiger partial charge in [0.05, 0.1) is 0 Å². The molecule has 0 aromatic heterocycles. The van der Waals surface area contributed by atoms with Gasteiger partial charge in [-0.15, -0.1) is 0 Å². The van der Waals surface area contributed by atoms with Gasteiger partial charge >= 0.3 is 18.2 Å². The van der Waals surface area contributed by atoms with Crippen molar-refractivity contribution >= 4 is 18.2 Å². The lowest BCUT2D eigenvalue weighted by Crippen LogP contribution is -2.39. The van der Waals surface area contributed by atoms with Crippen molar-refractivity contribution < 1.29 is 28.6 Å². The monoisotopic (exact) mass is 723 g/mol. The van der Waals surface area contributed by atoms with Crippen LogP contribution in [-0.4, -0.2) is 56.6 Å². The van der Waals surface area contributed by atoms with Gasteiger partial charge in [0.15, 0.2) is 0 Å². The number of nitrogens with two attached hydrogens (primary N) is 1. The minimum atomic E-state index is -0.444. The Morgan fingerprint density at radius 3 is 1.38 bits per heavy atom. The fraction of sp³-hybridized carbons (Fsp3) is 0.386. The first kappa shape index (κ1) is 42.3. The third-order valence-electron chi connectivity index (χ3n) is 8.64. The predicted molar refractivity (Wildman–Crippen MR) is 213 cm³/mol. The lowest BCUT2D eigenvalue weighted by Gasteiger charge is -2.20. The maximum Gasteiger partial charge on any atom is 0.407 e. The molecule has 9 heteroatoms. The number of amides is 2. The van der Waals surface area contributed by atoms with Crippen LogP contribution in [0.3, 0.4) is 0 Å². The molecule has 0 spiro atoms. The molecule has 284 valence electrons. The summed E-state index contributed by atoms with van der Waals surface area (Å²) < 4.78 is 15.6. The Morgan fingerprint density at radius 2 is 1.04 bits per heavy atom. The van der Waals surface area contributed by atoms with Crippen LogP contribution in [0.1, 0.15) is 95.4 Å². The standard InChI is InChI=1S/C17H16O2.C16H15NO2.C9H20N2O2.C2H6/c1-2-17(18)19-11-16-14-9-5-3-7-12(14)13-8-4-6-10-15(13)16;1-17-16(18)19-10-15-13-8-4-2-6-11(13)12-7-3-5-9-14(12)15;1-5-7(10)6-11-8(12)13-9(2,3)4;1-2/h3-10,16H,2,11H2,1H3;2-9,15H,10H2,1H3,(H,17,18);7H,5-6,10H2,1-4H3,(H,11,12);1-2H3. The lowest BCUT2D eigenvalue weighted by molar-refractivity contribution is -0.143. The van der Waals surface area contributed by atoms with Crippen LogP contribution in [0.15, 0.2) is 97.1 Å². The van der Waals surface area contributed by atoms with Crippen molar-refractivity contribution in [2.45, 2.75) is 84.8 Å². The van der Waals surface area contributed by atoms with Crippen LogP contribution >= 0.6 is 0 Å². The molecule has 2 amide bonds. The van der Waals surface area contributed by atoms with Gasteiger partial charge in [-0.2, -0.15) is 0 Å². The van der Waals surface area contributed by atoms with Gasteiger partial charge in [0, 0.05) is 37.9 Å². The molecule has 0 bridgehead atoms. The molecule has 53 heavy (non-hydrogen) atoms. The van der Waals surface area contributed by atoms with E-state index in [9.17, 15) is 14.4 Å². The molecule has 1 atom stereocenters. The summed E-state index contributed by atoms with van der Waals surface area (Å²) in [6.07, 6.45) is 0.476. The van der Waals surface area contributed by atoms with Crippen LogP contribution in [0.25, 0.3) is 22.3 Å². The highest BCUT2D eigenvalue weighted by atomic mass is 16.6. The SMILES string of the molecule is CC.CCC(=O)OCC1c2ccccc2-c2ccccc21.CCC(N)CNC(=O)OC(C)(C)C.CNC(=O)OCC1c2ccccc2-c2ccccc21. The highest BCUT2D eigenvalue weighted by molar-refractivity contribution is 5.80. The van der Waals surface area contributed by atoms with Crippen molar-refractivity contribution in [2.24, 2.45) is 5.73 Å². The second kappa shape index (κ2) is 20.8. The van der Waals surface area contributed by atoms with E-state index in [1.807, 2.05) is 84.9 Å². The van der Waals surface area contributed by atoms with Crippen LogP contribution in [0, 0.1) is 0 Å². The first-order chi connectivity index (χ1) is 25.5. The van der Waals surface area contributed by atoms with Crippen LogP contribution in [0.5, 0.6) is 0 Å². The molecule has 0 heterocycles. The number of rotatable bonds is 8. The zero-order valence-corrected chi connectivity index (χ0v) is 32.5. The Labute approximate surface area is 315 Å². The number of alkyl carbamates (subject to hydrolysis) is 2. The molecular weight excluding hydrogens is 666 g/mol. The Bertz CT molecular complexity index is 1580. The number of carbonyl (C=O) groups is 3. The minimum Gasteiger partial charge on any atom is -0.465 e. The molecule has 4 aromatic rings. The molecule has 1 unspecified atom stereocenters. The van der Waals surface area contributed by atoms with Gasteiger partial charge in [0.1, 0.15) is 18.8 Å². The average Bonchev–Trinajstić information content (AvgIpc) is 3.68. The first-order valence-corrected chi connectivity index (χ1v) is 18.6. The Morgan fingerprint density at radius 1 is 0.660 bits per heavy atom. The summed E-state index contributed by atoms with van der Waals surface area (Å²) in [7, 11) is 1.57. The maximum absolute atomic E-state index is 11.4. The first-order valence-electron chi connectivity index (χ1n) is 18.6. The summed E-state index contributed by atoms with van der Waals surface area (Å²) in [5.74, 6) is 0.162. The number of hydrogen-bond donors (Lipinski definition) is 3. The van der Waals surface area contributed by atoms with Gasteiger partial charge in [0.2, 0.25) is 0 Å². The van der Waals surface area contributed by atoms with Crippen molar-refractivity contribution in [1.29, 1.82) is 0 Å². The molecule has 6 rings (SSSR count). The summed E-state index contributed by atoms with van der Waals surface area (Å²) in [5, 5.41) is 5.08. The number of nitrogens with one attached hydrogen (secondary N) is 2. The fourth-order valence-electron chi connectivity index (χ4n) is 6.06. The van der Waals surface area contributed by atoms with Crippen LogP contribution in [0.4, 0.5) is 9.59 Å². The molecule has 2 aliphatic rings. The van der Waals surface area contributed by atoms with E-state index in [4.69, 9.17) is 19.9 Å². The third-order valence-corrected chi connectivity index (χ3v) is 8.64. The van der Waals surface area contributed by atoms with Gasteiger partial charge in [0.25, 0.3) is 0 Å². The number of benzene rings is 4. The van der Waals surface area contributed by atoms with Crippen molar-refractivity contribution in [3.63, 3.8) is 0 Å². The van der Waals surface area contributed by atoms with Crippen molar-refractivity contribution in [3.05, 3.63) is 119 Å². The zero-order valence-electron chi connectivity index (χ0n) is 32.5. The van der Waals surface area contributed by atoms with Gasteiger partial charge < -0.3 is 30.6 Å². The average molecular weight is 724 g/mol. The zero-order chi connectivity index (χ0) is 39.0. The number of esters is 1. The molecule has 9 nitrogen and oxygen atoms in total. The van der Waals surface area contributed by atoms with E-state index in [0.717, 1.165) is 6.42 Å². The minimum absolute atomic E-state index is 0.00696. The molecule has 4 aromatic carbocycles. The van der Waals surface area contributed by atoms with Gasteiger partial charge in [-0.05, 0) is 71.7 Å². The number of fused-ring (bicyclic) bond motifs is 6. The summed E-state index contributed by atoms with van der Waals surface area (Å²) in [4.78, 5) is 33.7. The number of hydrogen-bond acceptors (Lipinski definition) is 7.